The van der Waals surface area contributed by atoms with E-state index in [4.69, 9.17) is 0 Å². The van der Waals surface area contributed by atoms with Crippen LogP contribution in [0.15, 0.2) is 65.1 Å². The molecule has 2 rings (SSSR count). The van der Waals surface area contributed by atoms with Gasteiger partial charge in [-0.15, -0.1) is 0 Å². The normalized spacial score (nSPS) is 11.3. The van der Waals surface area contributed by atoms with Crippen molar-refractivity contribution in [3.63, 3.8) is 0 Å². The van der Waals surface area contributed by atoms with Crippen LogP contribution in [0.4, 0.5) is 0 Å². The second kappa shape index (κ2) is 8.90. The van der Waals surface area contributed by atoms with Crippen molar-refractivity contribution in [2.75, 3.05) is 7.05 Å². The van der Waals surface area contributed by atoms with E-state index < -0.39 is 0 Å². The second-order valence-electron chi connectivity index (χ2n) is 4.18. The quantitative estimate of drug-likeness (QED) is 0.892. The molecule has 0 saturated heterocycles. The molecule has 0 spiro atoms. The number of hydrogen-bond donors (Lipinski definition) is 1. The Morgan fingerprint density at radius 1 is 0.944 bits per heavy atom. The molecule has 0 aliphatic rings. The molecule has 1 atom stereocenters. The molecule has 0 fully saturated rings. The van der Waals surface area contributed by atoms with Crippen LogP contribution in [0.2, 0.25) is 0 Å². The molecule has 0 radical (unpaired) electrons. The molecule has 2 aromatic carbocycles. The Labute approximate surface area is 118 Å². The Balaban J connectivity index is 0.000000199. The van der Waals surface area contributed by atoms with Gasteiger partial charge in [-0.05, 0) is 38.1 Å². The standard InChI is InChI=1S/C10H15N.C6H5Br/c1-9(11-2)8-10-6-4-3-5-7-10;7-6-4-2-1-3-5-6/h3-7,9,11H,8H2,1-2H3;1-5H/t9-;/m0./s1. The third-order valence-electron chi connectivity index (χ3n) is 2.61. The fraction of sp³-hybridized carbons (Fsp3) is 0.250. The van der Waals surface area contributed by atoms with E-state index in [9.17, 15) is 0 Å². The summed E-state index contributed by atoms with van der Waals surface area (Å²) < 4.78 is 1.13. The van der Waals surface area contributed by atoms with E-state index in [1.54, 1.807) is 0 Å². The minimum absolute atomic E-state index is 0.567. The van der Waals surface area contributed by atoms with Crippen molar-refractivity contribution >= 4 is 15.9 Å². The number of halogens is 1. The Kier molecular flexibility index (Phi) is 7.38. The lowest BCUT2D eigenvalue weighted by Crippen LogP contribution is -2.23. The van der Waals surface area contributed by atoms with Crippen LogP contribution in [0.3, 0.4) is 0 Å². The molecule has 0 heterocycles. The van der Waals surface area contributed by atoms with Gasteiger partial charge in [-0.25, -0.2) is 0 Å². The van der Waals surface area contributed by atoms with E-state index in [0.717, 1.165) is 10.9 Å². The van der Waals surface area contributed by atoms with Gasteiger partial charge in [0, 0.05) is 10.5 Å². The Bertz CT molecular complexity index is 414. The molecule has 96 valence electrons. The van der Waals surface area contributed by atoms with Crippen molar-refractivity contribution in [3.05, 3.63) is 70.7 Å². The number of hydrogen-bond acceptors (Lipinski definition) is 1. The van der Waals surface area contributed by atoms with Crippen LogP contribution >= 0.6 is 15.9 Å². The van der Waals surface area contributed by atoms with Crippen LogP contribution in [0.5, 0.6) is 0 Å². The molecule has 0 saturated carbocycles. The van der Waals surface area contributed by atoms with Crippen LogP contribution in [0, 0.1) is 0 Å². The van der Waals surface area contributed by atoms with Gasteiger partial charge in [0.2, 0.25) is 0 Å². The average molecular weight is 306 g/mol. The molecule has 0 aliphatic carbocycles. The number of likely N-dealkylation sites (N-methyl/N-ethyl adjacent to an activating group) is 1. The van der Waals surface area contributed by atoms with E-state index in [1.807, 2.05) is 43.4 Å². The van der Waals surface area contributed by atoms with Crippen molar-refractivity contribution in [2.24, 2.45) is 0 Å². The monoisotopic (exact) mass is 305 g/mol. The van der Waals surface area contributed by atoms with Crippen molar-refractivity contribution < 1.29 is 0 Å². The van der Waals surface area contributed by atoms with Gasteiger partial charge in [0.05, 0.1) is 0 Å². The lowest BCUT2D eigenvalue weighted by Gasteiger charge is -2.08. The Morgan fingerprint density at radius 3 is 1.83 bits per heavy atom. The van der Waals surface area contributed by atoms with E-state index in [0.29, 0.717) is 6.04 Å². The van der Waals surface area contributed by atoms with Gasteiger partial charge in [-0.2, -0.15) is 0 Å². The van der Waals surface area contributed by atoms with Gasteiger partial charge in [0.25, 0.3) is 0 Å². The van der Waals surface area contributed by atoms with Crippen molar-refractivity contribution in [3.8, 4) is 0 Å². The zero-order valence-electron chi connectivity index (χ0n) is 10.9. The summed E-state index contributed by atoms with van der Waals surface area (Å²) in [5.74, 6) is 0. The zero-order valence-corrected chi connectivity index (χ0v) is 12.5. The SMILES string of the molecule is Brc1ccccc1.CN[C@@H](C)Cc1ccccc1. The molecule has 0 bridgehead atoms. The van der Waals surface area contributed by atoms with Crippen LogP contribution in [0.25, 0.3) is 0 Å². The minimum atomic E-state index is 0.567. The summed E-state index contributed by atoms with van der Waals surface area (Å²) in [6.07, 6.45) is 1.11. The largest absolute Gasteiger partial charge is 0.317 e. The molecule has 1 N–H and O–H groups in total. The van der Waals surface area contributed by atoms with E-state index in [2.05, 4.69) is 52.4 Å². The van der Waals surface area contributed by atoms with E-state index in [1.165, 1.54) is 5.56 Å². The predicted octanol–water partition coefficient (Wildman–Crippen LogP) is 4.29. The lowest BCUT2D eigenvalue weighted by molar-refractivity contribution is 0.608. The maximum Gasteiger partial charge on any atom is 0.0175 e. The van der Waals surface area contributed by atoms with E-state index in [-0.39, 0.29) is 0 Å². The molecule has 0 amide bonds. The first kappa shape index (κ1) is 14.9. The summed E-state index contributed by atoms with van der Waals surface area (Å²) in [7, 11) is 1.99. The van der Waals surface area contributed by atoms with Gasteiger partial charge in [-0.1, -0.05) is 64.5 Å². The lowest BCUT2D eigenvalue weighted by atomic mass is 10.1. The summed E-state index contributed by atoms with van der Waals surface area (Å²) in [4.78, 5) is 0. The summed E-state index contributed by atoms with van der Waals surface area (Å²) >= 11 is 3.31. The number of benzene rings is 2. The number of rotatable bonds is 3. The van der Waals surface area contributed by atoms with Crippen LogP contribution < -0.4 is 5.32 Å². The molecular formula is C16H20BrN. The summed E-state index contributed by atoms with van der Waals surface area (Å²) in [6.45, 7) is 2.19. The second-order valence-corrected chi connectivity index (χ2v) is 5.09. The van der Waals surface area contributed by atoms with Crippen LogP contribution in [-0.4, -0.2) is 13.1 Å². The molecule has 0 aliphatic heterocycles. The first-order chi connectivity index (χ1) is 8.72. The first-order valence-corrected chi connectivity index (χ1v) is 6.93. The Hall–Kier alpha value is -1.12. The van der Waals surface area contributed by atoms with Gasteiger partial charge in [0.1, 0.15) is 0 Å². The first-order valence-electron chi connectivity index (χ1n) is 6.14. The van der Waals surface area contributed by atoms with Gasteiger partial charge < -0.3 is 5.32 Å². The minimum Gasteiger partial charge on any atom is -0.317 e. The van der Waals surface area contributed by atoms with Gasteiger partial charge >= 0.3 is 0 Å². The molecule has 2 heteroatoms. The fourth-order valence-corrected chi connectivity index (χ4v) is 1.79. The van der Waals surface area contributed by atoms with Gasteiger partial charge in [-0.3, -0.25) is 0 Å². The third kappa shape index (κ3) is 6.58. The molecule has 18 heavy (non-hydrogen) atoms. The summed E-state index contributed by atoms with van der Waals surface area (Å²) in [6, 6.07) is 21.1. The third-order valence-corrected chi connectivity index (χ3v) is 3.14. The van der Waals surface area contributed by atoms with Gasteiger partial charge in [0.15, 0.2) is 0 Å². The maximum absolute atomic E-state index is 3.31. The Morgan fingerprint density at radius 2 is 1.44 bits per heavy atom. The number of nitrogens with one attached hydrogen (secondary N) is 1. The molecule has 1 nitrogen and oxygen atoms in total. The molecule has 2 aromatic rings. The topological polar surface area (TPSA) is 12.0 Å². The predicted molar refractivity (Wildman–Crippen MR) is 82.8 cm³/mol. The maximum atomic E-state index is 3.31. The summed E-state index contributed by atoms with van der Waals surface area (Å²) in [5.41, 5.74) is 1.40. The molecular weight excluding hydrogens is 286 g/mol. The van der Waals surface area contributed by atoms with Crippen LogP contribution in [0.1, 0.15) is 12.5 Å². The molecule has 0 unspecified atom stereocenters. The van der Waals surface area contributed by atoms with Crippen molar-refractivity contribution in [1.82, 2.24) is 5.32 Å². The highest BCUT2D eigenvalue weighted by Crippen LogP contribution is 2.05. The highest BCUT2D eigenvalue weighted by molar-refractivity contribution is 9.10. The highest BCUT2D eigenvalue weighted by Gasteiger charge is 1.97. The smallest absolute Gasteiger partial charge is 0.0175 e. The van der Waals surface area contributed by atoms with E-state index >= 15 is 0 Å². The fourth-order valence-electron chi connectivity index (χ4n) is 1.48. The summed E-state index contributed by atoms with van der Waals surface area (Å²) in [5, 5.41) is 3.21. The average Bonchev–Trinajstić information content (AvgIpc) is 2.41. The van der Waals surface area contributed by atoms with Crippen LogP contribution in [-0.2, 0) is 6.42 Å². The van der Waals surface area contributed by atoms with Crippen molar-refractivity contribution in [2.45, 2.75) is 19.4 Å². The zero-order chi connectivity index (χ0) is 13.2. The highest BCUT2D eigenvalue weighted by atomic mass is 79.9. The van der Waals surface area contributed by atoms with Crippen molar-refractivity contribution in [1.29, 1.82) is 0 Å². The molecule has 0 aromatic heterocycles.